The summed E-state index contributed by atoms with van der Waals surface area (Å²) in [6.07, 6.45) is 0. The predicted octanol–water partition coefficient (Wildman–Crippen LogP) is 4.47. The first kappa shape index (κ1) is 12.7. The zero-order valence-electron chi connectivity index (χ0n) is 10.6. The van der Waals surface area contributed by atoms with Crippen LogP contribution in [-0.2, 0) is 5.75 Å². The summed E-state index contributed by atoms with van der Waals surface area (Å²) in [5.74, 6) is 0.909. The van der Waals surface area contributed by atoms with Crippen LogP contribution in [0, 0.1) is 25.2 Å². The van der Waals surface area contributed by atoms with E-state index >= 15 is 0 Å². The molecule has 0 aromatic heterocycles. The second kappa shape index (κ2) is 5.75. The number of benzene rings is 2. The van der Waals surface area contributed by atoms with Crippen molar-refractivity contribution in [2.45, 2.75) is 24.5 Å². The average Bonchev–Trinajstić information content (AvgIpc) is 2.39. The summed E-state index contributed by atoms with van der Waals surface area (Å²) < 4.78 is 0. The van der Waals surface area contributed by atoms with Gasteiger partial charge < -0.3 is 0 Å². The monoisotopic (exact) mass is 253 g/mol. The Balaban J connectivity index is 2.22. The van der Waals surface area contributed by atoms with Gasteiger partial charge >= 0.3 is 0 Å². The minimum Gasteiger partial charge on any atom is -0.192 e. The smallest absolute Gasteiger partial charge is 0.100 e. The highest BCUT2D eigenvalue weighted by Gasteiger charge is 2.06. The van der Waals surface area contributed by atoms with Gasteiger partial charge in [0.05, 0.1) is 5.56 Å². The molecule has 0 saturated heterocycles. The van der Waals surface area contributed by atoms with E-state index in [4.69, 9.17) is 5.26 Å². The fourth-order valence-electron chi connectivity index (χ4n) is 1.85. The van der Waals surface area contributed by atoms with Crippen LogP contribution < -0.4 is 0 Å². The zero-order chi connectivity index (χ0) is 13.0. The molecule has 0 radical (unpaired) electrons. The molecule has 90 valence electrons. The van der Waals surface area contributed by atoms with Gasteiger partial charge in [-0.05, 0) is 36.6 Å². The van der Waals surface area contributed by atoms with Gasteiger partial charge in [-0.25, -0.2) is 0 Å². The van der Waals surface area contributed by atoms with Gasteiger partial charge in [-0.2, -0.15) is 5.26 Å². The lowest BCUT2D eigenvalue weighted by Gasteiger charge is -2.09. The molecule has 0 unspecified atom stereocenters. The van der Waals surface area contributed by atoms with Crippen LogP contribution in [0.15, 0.2) is 47.4 Å². The van der Waals surface area contributed by atoms with Crippen molar-refractivity contribution in [3.8, 4) is 6.07 Å². The van der Waals surface area contributed by atoms with Gasteiger partial charge in [0, 0.05) is 10.6 Å². The van der Waals surface area contributed by atoms with Crippen molar-refractivity contribution in [3.63, 3.8) is 0 Å². The molecule has 0 aliphatic heterocycles. The van der Waals surface area contributed by atoms with Crippen molar-refractivity contribution >= 4 is 11.8 Å². The Labute approximate surface area is 112 Å². The Hall–Kier alpha value is -1.72. The summed E-state index contributed by atoms with van der Waals surface area (Å²) in [7, 11) is 0. The molecule has 0 aliphatic rings. The Morgan fingerprint density at radius 2 is 1.72 bits per heavy atom. The third kappa shape index (κ3) is 2.75. The first-order valence-electron chi connectivity index (χ1n) is 5.89. The highest BCUT2D eigenvalue weighted by Crippen LogP contribution is 2.29. The van der Waals surface area contributed by atoms with Crippen molar-refractivity contribution in [1.29, 1.82) is 5.26 Å². The zero-order valence-corrected chi connectivity index (χ0v) is 11.4. The minimum atomic E-state index is 0.772. The third-order valence-corrected chi connectivity index (χ3v) is 4.25. The lowest BCUT2D eigenvalue weighted by atomic mass is 10.1. The minimum absolute atomic E-state index is 0.772. The summed E-state index contributed by atoms with van der Waals surface area (Å²) in [5, 5.41) is 9.13. The molecule has 0 atom stereocenters. The van der Waals surface area contributed by atoms with Crippen molar-refractivity contribution in [1.82, 2.24) is 0 Å². The number of nitriles is 1. The SMILES string of the molecule is Cc1ccccc1CSc1c(C)cccc1C#N. The molecular formula is C16H15NS. The first-order valence-corrected chi connectivity index (χ1v) is 6.88. The number of aryl methyl sites for hydroxylation is 2. The fraction of sp³-hybridized carbons (Fsp3) is 0.188. The molecule has 18 heavy (non-hydrogen) atoms. The maximum atomic E-state index is 9.13. The molecule has 2 heteroatoms. The maximum Gasteiger partial charge on any atom is 0.100 e. The highest BCUT2D eigenvalue weighted by atomic mass is 32.2. The van der Waals surface area contributed by atoms with Gasteiger partial charge in [0.1, 0.15) is 6.07 Å². The number of rotatable bonds is 3. The van der Waals surface area contributed by atoms with E-state index in [1.54, 1.807) is 11.8 Å². The first-order chi connectivity index (χ1) is 8.72. The van der Waals surface area contributed by atoms with Crippen LogP contribution in [0.5, 0.6) is 0 Å². The van der Waals surface area contributed by atoms with E-state index in [-0.39, 0.29) is 0 Å². The van der Waals surface area contributed by atoms with Crippen molar-refractivity contribution in [2.75, 3.05) is 0 Å². The van der Waals surface area contributed by atoms with Crippen LogP contribution in [0.25, 0.3) is 0 Å². The Morgan fingerprint density at radius 3 is 2.44 bits per heavy atom. The number of thioether (sulfide) groups is 1. The molecule has 0 aliphatic carbocycles. The van der Waals surface area contributed by atoms with Crippen molar-refractivity contribution < 1.29 is 0 Å². The quantitative estimate of drug-likeness (QED) is 0.754. The molecule has 0 amide bonds. The Kier molecular flexibility index (Phi) is 4.07. The van der Waals surface area contributed by atoms with E-state index < -0.39 is 0 Å². The molecule has 0 bridgehead atoms. The van der Waals surface area contributed by atoms with E-state index in [0.29, 0.717) is 0 Å². The second-order valence-electron chi connectivity index (χ2n) is 4.28. The van der Waals surface area contributed by atoms with Crippen molar-refractivity contribution in [2.24, 2.45) is 0 Å². The molecule has 0 saturated carbocycles. The molecular weight excluding hydrogens is 238 g/mol. The van der Waals surface area contributed by atoms with Crippen molar-refractivity contribution in [3.05, 3.63) is 64.7 Å². The average molecular weight is 253 g/mol. The third-order valence-electron chi connectivity index (χ3n) is 2.97. The van der Waals surface area contributed by atoms with E-state index in [0.717, 1.165) is 16.2 Å². The van der Waals surface area contributed by atoms with E-state index in [1.165, 1.54) is 16.7 Å². The fourth-order valence-corrected chi connectivity index (χ4v) is 3.04. The van der Waals surface area contributed by atoms with Gasteiger partial charge in [-0.15, -0.1) is 11.8 Å². The van der Waals surface area contributed by atoms with Crippen LogP contribution in [0.3, 0.4) is 0 Å². The van der Waals surface area contributed by atoms with Crippen LogP contribution in [0.4, 0.5) is 0 Å². The van der Waals surface area contributed by atoms with Gasteiger partial charge in [-0.1, -0.05) is 36.4 Å². The predicted molar refractivity (Wildman–Crippen MR) is 76.6 cm³/mol. The maximum absolute atomic E-state index is 9.13. The van der Waals surface area contributed by atoms with Gasteiger partial charge in [0.15, 0.2) is 0 Å². The van der Waals surface area contributed by atoms with E-state index in [2.05, 4.69) is 50.2 Å². The molecule has 0 fully saturated rings. The van der Waals surface area contributed by atoms with Gasteiger partial charge in [-0.3, -0.25) is 0 Å². The highest BCUT2D eigenvalue weighted by molar-refractivity contribution is 7.98. The number of hydrogen-bond acceptors (Lipinski definition) is 2. The summed E-state index contributed by atoms with van der Waals surface area (Å²) in [6, 6.07) is 16.5. The number of hydrogen-bond donors (Lipinski definition) is 0. The van der Waals surface area contributed by atoms with E-state index in [9.17, 15) is 0 Å². The normalized spacial score (nSPS) is 10.1. The Bertz CT molecular complexity index is 596. The summed E-state index contributed by atoms with van der Waals surface area (Å²) in [4.78, 5) is 1.10. The largest absolute Gasteiger partial charge is 0.192 e. The summed E-state index contributed by atoms with van der Waals surface area (Å²) in [5.41, 5.74) is 4.58. The Morgan fingerprint density at radius 1 is 1.00 bits per heavy atom. The standard InChI is InChI=1S/C16H15NS/c1-12-6-3-4-8-15(12)11-18-16-13(2)7-5-9-14(16)10-17/h3-9H,11H2,1-2H3. The molecule has 1 nitrogen and oxygen atoms in total. The molecule has 2 rings (SSSR count). The van der Waals surface area contributed by atoms with Crippen LogP contribution >= 0.6 is 11.8 Å². The van der Waals surface area contributed by atoms with Crippen LogP contribution in [-0.4, -0.2) is 0 Å². The topological polar surface area (TPSA) is 23.8 Å². The van der Waals surface area contributed by atoms with E-state index in [1.807, 2.05) is 12.1 Å². The number of nitrogens with zero attached hydrogens (tertiary/aromatic N) is 1. The molecule has 2 aromatic carbocycles. The van der Waals surface area contributed by atoms with Gasteiger partial charge in [0.25, 0.3) is 0 Å². The van der Waals surface area contributed by atoms with Crippen LogP contribution in [0.1, 0.15) is 22.3 Å². The lowest BCUT2D eigenvalue weighted by molar-refractivity contribution is 1.24. The lowest BCUT2D eigenvalue weighted by Crippen LogP contribution is -1.89. The molecule has 2 aromatic rings. The summed E-state index contributed by atoms with van der Waals surface area (Å²) in [6.45, 7) is 4.18. The summed E-state index contributed by atoms with van der Waals surface area (Å²) >= 11 is 1.74. The second-order valence-corrected chi connectivity index (χ2v) is 5.26. The molecule has 0 heterocycles. The molecule has 0 spiro atoms. The van der Waals surface area contributed by atoms with Gasteiger partial charge in [0.2, 0.25) is 0 Å². The molecule has 0 N–H and O–H groups in total. The van der Waals surface area contributed by atoms with Crippen LogP contribution in [0.2, 0.25) is 0 Å².